The van der Waals surface area contributed by atoms with Gasteiger partial charge in [0.25, 0.3) is 0 Å². The highest BCUT2D eigenvalue weighted by Gasteiger charge is 2.29. The summed E-state index contributed by atoms with van der Waals surface area (Å²) in [5.41, 5.74) is 0.412. The van der Waals surface area contributed by atoms with Gasteiger partial charge < -0.3 is 10.2 Å². The molecule has 1 N–H and O–H groups in total. The molecule has 4 heteroatoms. The van der Waals surface area contributed by atoms with Gasteiger partial charge in [-0.15, -0.1) is 12.4 Å². The van der Waals surface area contributed by atoms with Crippen molar-refractivity contribution in [3.8, 4) is 0 Å². The zero-order valence-electron chi connectivity index (χ0n) is 11.7. The summed E-state index contributed by atoms with van der Waals surface area (Å²) in [6.07, 6.45) is 6.99. The molecule has 1 atom stereocenters. The molecule has 2 saturated heterocycles. The lowest BCUT2D eigenvalue weighted by Crippen LogP contribution is -2.48. The molecular formula is C14H27ClN2O. The van der Waals surface area contributed by atoms with Crippen LogP contribution in [0.3, 0.4) is 0 Å². The second-order valence-corrected chi connectivity index (χ2v) is 6.35. The van der Waals surface area contributed by atoms with Gasteiger partial charge in [-0.05, 0) is 44.1 Å². The number of carbonyl (C=O) groups is 1. The third-order valence-corrected chi connectivity index (χ3v) is 4.26. The fraction of sp³-hybridized carbons (Fsp3) is 0.929. The average Bonchev–Trinajstić information content (AvgIpc) is 2.50. The molecular weight excluding hydrogens is 248 g/mol. The molecule has 0 aromatic rings. The number of likely N-dealkylation sites (tertiary alicyclic amines) is 1. The van der Waals surface area contributed by atoms with Crippen LogP contribution < -0.4 is 5.32 Å². The van der Waals surface area contributed by atoms with Crippen LogP contribution in [0.4, 0.5) is 0 Å². The van der Waals surface area contributed by atoms with Crippen molar-refractivity contribution in [1.82, 2.24) is 10.2 Å². The molecule has 2 rings (SSSR count). The van der Waals surface area contributed by atoms with Crippen LogP contribution in [-0.2, 0) is 4.79 Å². The lowest BCUT2D eigenvalue weighted by atomic mass is 9.85. The summed E-state index contributed by atoms with van der Waals surface area (Å²) < 4.78 is 0. The number of hydrogen-bond acceptors (Lipinski definition) is 2. The molecule has 0 bridgehead atoms. The maximum absolute atomic E-state index is 12.4. The van der Waals surface area contributed by atoms with Gasteiger partial charge >= 0.3 is 0 Å². The number of nitrogens with one attached hydrogen (secondary N) is 1. The van der Waals surface area contributed by atoms with E-state index in [1.807, 2.05) is 0 Å². The van der Waals surface area contributed by atoms with E-state index in [-0.39, 0.29) is 18.4 Å². The van der Waals surface area contributed by atoms with Crippen molar-refractivity contribution >= 4 is 18.3 Å². The maximum Gasteiger partial charge on any atom is 0.239 e. The van der Waals surface area contributed by atoms with Crippen molar-refractivity contribution in [2.45, 2.75) is 58.4 Å². The summed E-state index contributed by atoms with van der Waals surface area (Å²) in [4.78, 5) is 14.5. The van der Waals surface area contributed by atoms with Gasteiger partial charge in [-0.2, -0.15) is 0 Å². The van der Waals surface area contributed by atoms with Gasteiger partial charge in [-0.3, -0.25) is 4.79 Å². The second kappa shape index (κ2) is 6.76. The fourth-order valence-electron chi connectivity index (χ4n) is 2.93. The number of halogens is 1. The van der Waals surface area contributed by atoms with Crippen molar-refractivity contribution in [1.29, 1.82) is 0 Å². The Balaban J connectivity index is 0.00000162. The normalized spacial score (nSPS) is 28.1. The minimum atomic E-state index is 0. The molecule has 0 aromatic heterocycles. The Morgan fingerprint density at radius 2 is 1.94 bits per heavy atom. The number of amides is 1. The van der Waals surface area contributed by atoms with Crippen molar-refractivity contribution in [2.24, 2.45) is 5.41 Å². The van der Waals surface area contributed by atoms with Crippen molar-refractivity contribution in [3.05, 3.63) is 0 Å². The lowest BCUT2D eigenvalue weighted by molar-refractivity contribution is -0.134. The maximum atomic E-state index is 12.4. The molecule has 0 unspecified atom stereocenters. The zero-order chi connectivity index (χ0) is 12.3. The van der Waals surface area contributed by atoms with Crippen molar-refractivity contribution in [3.63, 3.8) is 0 Å². The predicted octanol–water partition coefficient (Wildman–Crippen LogP) is 2.59. The molecule has 0 saturated carbocycles. The van der Waals surface area contributed by atoms with Gasteiger partial charge in [0.2, 0.25) is 5.91 Å². The average molecular weight is 275 g/mol. The van der Waals surface area contributed by atoms with Gasteiger partial charge in [0.15, 0.2) is 0 Å². The van der Waals surface area contributed by atoms with Crippen LogP contribution in [0, 0.1) is 5.41 Å². The smallest absolute Gasteiger partial charge is 0.239 e. The first-order valence-corrected chi connectivity index (χ1v) is 7.11. The summed E-state index contributed by atoms with van der Waals surface area (Å²) in [6.45, 7) is 7.56. The third kappa shape index (κ3) is 4.13. The topological polar surface area (TPSA) is 32.3 Å². The number of nitrogens with zero attached hydrogens (tertiary/aromatic N) is 1. The van der Waals surface area contributed by atoms with Crippen molar-refractivity contribution < 1.29 is 4.79 Å². The Hall–Kier alpha value is -0.280. The SMILES string of the molecule is CC1(C)CCCN(C(=O)[C@H]2CCCCN2)CC1.Cl. The monoisotopic (exact) mass is 274 g/mol. The highest BCUT2D eigenvalue weighted by atomic mass is 35.5. The van der Waals surface area contributed by atoms with E-state index in [9.17, 15) is 4.79 Å². The molecule has 106 valence electrons. The van der Waals surface area contributed by atoms with Gasteiger partial charge in [0, 0.05) is 13.1 Å². The highest BCUT2D eigenvalue weighted by molar-refractivity contribution is 5.85. The molecule has 18 heavy (non-hydrogen) atoms. The number of hydrogen-bond donors (Lipinski definition) is 1. The van der Waals surface area contributed by atoms with Crippen LogP contribution in [0.1, 0.15) is 52.4 Å². The Bertz CT molecular complexity index is 275. The molecule has 1 amide bonds. The Morgan fingerprint density at radius 3 is 2.61 bits per heavy atom. The van der Waals surface area contributed by atoms with E-state index in [0.29, 0.717) is 11.3 Å². The van der Waals surface area contributed by atoms with E-state index in [4.69, 9.17) is 0 Å². The highest BCUT2D eigenvalue weighted by Crippen LogP contribution is 2.30. The number of rotatable bonds is 1. The zero-order valence-corrected chi connectivity index (χ0v) is 12.5. The first-order chi connectivity index (χ1) is 8.08. The van der Waals surface area contributed by atoms with Crippen molar-refractivity contribution in [2.75, 3.05) is 19.6 Å². The van der Waals surface area contributed by atoms with E-state index in [1.165, 1.54) is 19.3 Å². The first-order valence-electron chi connectivity index (χ1n) is 7.11. The molecule has 0 aliphatic carbocycles. The van der Waals surface area contributed by atoms with E-state index < -0.39 is 0 Å². The standard InChI is InChI=1S/C14H26N2O.ClH/c1-14(2)7-5-10-16(11-8-14)13(17)12-6-3-4-9-15-12;/h12,15H,3-11H2,1-2H3;1H/t12-;/m1./s1. The molecule has 0 spiro atoms. The molecule has 2 fully saturated rings. The Labute approximate surface area is 117 Å². The van der Waals surface area contributed by atoms with Crippen LogP contribution >= 0.6 is 12.4 Å². The van der Waals surface area contributed by atoms with Gasteiger partial charge in [0.05, 0.1) is 6.04 Å². The minimum Gasteiger partial charge on any atom is -0.341 e. The van der Waals surface area contributed by atoms with E-state index >= 15 is 0 Å². The second-order valence-electron chi connectivity index (χ2n) is 6.35. The van der Waals surface area contributed by atoms with Crippen LogP contribution in [0.2, 0.25) is 0 Å². The van der Waals surface area contributed by atoms with Crippen LogP contribution in [0.25, 0.3) is 0 Å². The molecule has 0 aromatic carbocycles. The van der Waals surface area contributed by atoms with E-state index in [1.54, 1.807) is 0 Å². The fourth-order valence-corrected chi connectivity index (χ4v) is 2.93. The number of carbonyl (C=O) groups excluding carboxylic acids is 1. The molecule has 0 radical (unpaired) electrons. The molecule has 2 aliphatic heterocycles. The van der Waals surface area contributed by atoms with Crippen LogP contribution in [0.15, 0.2) is 0 Å². The Morgan fingerprint density at radius 1 is 1.17 bits per heavy atom. The first kappa shape index (κ1) is 15.8. The molecule has 2 aliphatic rings. The van der Waals surface area contributed by atoms with Gasteiger partial charge in [-0.1, -0.05) is 20.3 Å². The molecule has 3 nitrogen and oxygen atoms in total. The largest absolute Gasteiger partial charge is 0.341 e. The minimum absolute atomic E-state index is 0. The van der Waals surface area contributed by atoms with E-state index in [0.717, 1.165) is 38.9 Å². The summed E-state index contributed by atoms with van der Waals surface area (Å²) in [5, 5.41) is 3.37. The van der Waals surface area contributed by atoms with Gasteiger partial charge in [-0.25, -0.2) is 0 Å². The third-order valence-electron chi connectivity index (χ3n) is 4.26. The molecule has 2 heterocycles. The quantitative estimate of drug-likeness (QED) is 0.797. The summed E-state index contributed by atoms with van der Waals surface area (Å²) in [6, 6.07) is 0.102. The summed E-state index contributed by atoms with van der Waals surface area (Å²) >= 11 is 0. The predicted molar refractivity (Wildman–Crippen MR) is 77.1 cm³/mol. The van der Waals surface area contributed by atoms with Gasteiger partial charge in [0.1, 0.15) is 0 Å². The van der Waals surface area contributed by atoms with Crippen LogP contribution in [0.5, 0.6) is 0 Å². The summed E-state index contributed by atoms with van der Waals surface area (Å²) in [7, 11) is 0. The number of piperidine rings is 1. The van der Waals surface area contributed by atoms with Crippen LogP contribution in [-0.4, -0.2) is 36.5 Å². The summed E-state index contributed by atoms with van der Waals surface area (Å²) in [5.74, 6) is 0.349. The Kier molecular flexibility index (Phi) is 5.93. The van der Waals surface area contributed by atoms with E-state index in [2.05, 4.69) is 24.1 Å². The lowest BCUT2D eigenvalue weighted by Gasteiger charge is -2.29.